The molecule has 0 atom stereocenters. The minimum absolute atomic E-state index is 0.00140. The van der Waals surface area contributed by atoms with Crippen LogP contribution in [0.3, 0.4) is 0 Å². The van der Waals surface area contributed by atoms with Crippen molar-refractivity contribution >= 4 is 54.9 Å². The number of morpholine rings is 1. The van der Waals surface area contributed by atoms with Gasteiger partial charge in [-0.2, -0.15) is 5.26 Å². The fraction of sp³-hybridized carbons (Fsp3) is 0.300. The van der Waals surface area contributed by atoms with Crippen LogP contribution in [-0.4, -0.2) is 63.8 Å². The SMILES string of the molecule is N#CNC(=Nc1ccccc1Br)Nc1ccc(Cl)c(S(=O)(=O)NCCN2CCOCC2)c1O. The molecule has 2 aromatic carbocycles. The van der Waals surface area contributed by atoms with E-state index in [0.29, 0.717) is 29.9 Å². The van der Waals surface area contributed by atoms with Crippen LogP contribution in [0, 0.1) is 11.5 Å². The van der Waals surface area contributed by atoms with E-state index in [0.717, 1.165) is 13.1 Å². The quantitative estimate of drug-likeness (QED) is 0.134. The molecule has 0 radical (unpaired) electrons. The number of guanidine groups is 1. The van der Waals surface area contributed by atoms with Gasteiger partial charge in [-0.1, -0.05) is 23.7 Å². The number of aromatic hydroxyl groups is 1. The second-order valence-corrected chi connectivity index (χ2v) is 9.86. The molecule has 1 saturated heterocycles. The minimum atomic E-state index is -4.12. The van der Waals surface area contributed by atoms with Gasteiger partial charge in [-0.3, -0.25) is 10.2 Å². The molecule has 4 N–H and O–H groups in total. The summed E-state index contributed by atoms with van der Waals surface area (Å²) in [6.07, 6.45) is 1.75. The van der Waals surface area contributed by atoms with Gasteiger partial charge >= 0.3 is 0 Å². The molecule has 1 aliphatic heterocycles. The highest BCUT2D eigenvalue weighted by Crippen LogP contribution is 2.37. The highest BCUT2D eigenvalue weighted by atomic mass is 79.9. The number of benzene rings is 2. The lowest BCUT2D eigenvalue weighted by atomic mass is 10.3. The Hall–Kier alpha value is -2.40. The summed E-state index contributed by atoms with van der Waals surface area (Å²) in [4.78, 5) is 5.91. The standard InChI is InChI=1S/C20H22BrClN6O4S/c21-14-3-1-2-4-16(14)26-20(24-13-23)27-17-6-5-15(22)19(18(17)29)33(30,31)25-7-8-28-9-11-32-12-10-28/h1-6,25,29H,7-12H2,(H2,24,26,27). The Morgan fingerprint density at radius 1 is 1.27 bits per heavy atom. The monoisotopic (exact) mass is 556 g/mol. The van der Waals surface area contributed by atoms with Crippen LogP contribution < -0.4 is 15.4 Å². The van der Waals surface area contributed by atoms with E-state index in [9.17, 15) is 13.5 Å². The van der Waals surface area contributed by atoms with Crippen LogP contribution in [0.15, 0.2) is 50.8 Å². The maximum atomic E-state index is 12.9. The summed E-state index contributed by atoms with van der Waals surface area (Å²) in [6.45, 7) is 3.28. The summed E-state index contributed by atoms with van der Waals surface area (Å²) < 4.78 is 34.2. The van der Waals surface area contributed by atoms with Crippen LogP contribution in [0.25, 0.3) is 0 Å². The number of phenolic OH excluding ortho intramolecular Hbond substituents is 1. The number of para-hydroxylation sites is 1. The maximum absolute atomic E-state index is 12.9. The number of hydrogen-bond acceptors (Lipinski definition) is 7. The van der Waals surface area contributed by atoms with E-state index in [2.05, 4.69) is 41.2 Å². The summed E-state index contributed by atoms with van der Waals surface area (Å²) in [5.41, 5.74) is 0.510. The molecule has 0 aromatic heterocycles. The van der Waals surface area contributed by atoms with Crippen molar-refractivity contribution in [3.05, 3.63) is 45.9 Å². The van der Waals surface area contributed by atoms with Gasteiger partial charge in [0.1, 0.15) is 4.90 Å². The Balaban J connectivity index is 1.81. The Bertz CT molecular complexity index is 1170. The normalized spacial score (nSPS) is 15.1. The van der Waals surface area contributed by atoms with Crippen molar-refractivity contribution in [1.29, 1.82) is 5.26 Å². The molecule has 176 valence electrons. The zero-order valence-electron chi connectivity index (χ0n) is 17.4. The number of ether oxygens (including phenoxy) is 1. The third-order valence-corrected chi connectivity index (χ3v) is 7.32. The van der Waals surface area contributed by atoms with Gasteiger partial charge in [0, 0.05) is 30.7 Å². The first-order chi connectivity index (χ1) is 15.8. The van der Waals surface area contributed by atoms with E-state index in [1.165, 1.54) is 12.1 Å². The predicted molar refractivity (Wildman–Crippen MR) is 129 cm³/mol. The molecule has 0 spiro atoms. The molecule has 0 saturated carbocycles. The molecule has 1 heterocycles. The van der Waals surface area contributed by atoms with Crippen molar-refractivity contribution in [3.8, 4) is 11.9 Å². The molecule has 1 aliphatic rings. The van der Waals surface area contributed by atoms with Gasteiger partial charge in [0.15, 0.2) is 11.9 Å². The molecule has 1 fully saturated rings. The van der Waals surface area contributed by atoms with E-state index in [-0.39, 0.29) is 23.2 Å². The fourth-order valence-corrected chi connectivity index (χ4v) is 5.09. The fourth-order valence-electron chi connectivity index (χ4n) is 3.07. The van der Waals surface area contributed by atoms with Crippen LogP contribution in [0.1, 0.15) is 0 Å². The number of hydrogen-bond donors (Lipinski definition) is 4. The Morgan fingerprint density at radius 2 is 2.00 bits per heavy atom. The molecule has 0 amide bonds. The van der Waals surface area contributed by atoms with E-state index < -0.39 is 20.7 Å². The number of nitrogens with one attached hydrogen (secondary N) is 3. The second kappa shape index (κ2) is 11.6. The average molecular weight is 558 g/mol. The lowest BCUT2D eigenvalue weighted by Crippen LogP contribution is -2.41. The van der Waals surface area contributed by atoms with Gasteiger partial charge in [0.25, 0.3) is 0 Å². The van der Waals surface area contributed by atoms with Crippen LogP contribution in [0.2, 0.25) is 5.02 Å². The Kier molecular flexibility index (Phi) is 8.90. The highest BCUT2D eigenvalue weighted by molar-refractivity contribution is 9.10. The van der Waals surface area contributed by atoms with Gasteiger partial charge in [-0.15, -0.1) is 0 Å². The molecular formula is C20H22BrClN6O4S. The summed E-state index contributed by atoms with van der Waals surface area (Å²) in [5, 5.41) is 24.8. The van der Waals surface area contributed by atoms with Crippen molar-refractivity contribution in [2.75, 3.05) is 44.7 Å². The third kappa shape index (κ3) is 6.80. The molecule has 3 rings (SSSR count). The largest absolute Gasteiger partial charge is 0.504 e. The van der Waals surface area contributed by atoms with Gasteiger partial charge < -0.3 is 15.2 Å². The number of halogens is 2. The molecule has 0 aliphatic carbocycles. The molecule has 13 heteroatoms. The summed E-state index contributed by atoms with van der Waals surface area (Å²) in [6, 6.07) is 9.78. The van der Waals surface area contributed by atoms with Crippen LogP contribution in [-0.2, 0) is 14.8 Å². The number of nitrogens with zero attached hydrogens (tertiary/aromatic N) is 3. The smallest absolute Gasteiger partial charge is 0.245 e. The van der Waals surface area contributed by atoms with Crippen molar-refractivity contribution in [1.82, 2.24) is 14.9 Å². The molecule has 0 bridgehead atoms. The molecule has 10 nitrogen and oxygen atoms in total. The number of rotatable bonds is 7. The van der Waals surface area contributed by atoms with Crippen molar-refractivity contribution < 1.29 is 18.3 Å². The molecular weight excluding hydrogens is 536 g/mol. The van der Waals surface area contributed by atoms with Crippen molar-refractivity contribution in [3.63, 3.8) is 0 Å². The first kappa shape index (κ1) is 25.2. The van der Waals surface area contributed by atoms with Crippen LogP contribution in [0.5, 0.6) is 5.75 Å². The van der Waals surface area contributed by atoms with E-state index in [1.54, 1.807) is 24.4 Å². The number of aliphatic imine (C=N–C) groups is 1. The van der Waals surface area contributed by atoms with Gasteiger partial charge in [0.2, 0.25) is 16.0 Å². The number of anilines is 1. The highest BCUT2D eigenvalue weighted by Gasteiger charge is 2.25. The zero-order valence-corrected chi connectivity index (χ0v) is 20.5. The summed E-state index contributed by atoms with van der Waals surface area (Å²) in [7, 11) is -4.12. The van der Waals surface area contributed by atoms with E-state index in [4.69, 9.17) is 21.6 Å². The zero-order chi connectivity index (χ0) is 23.8. The third-order valence-electron chi connectivity index (χ3n) is 4.69. The first-order valence-electron chi connectivity index (χ1n) is 9.88. The lowest BCUT2D eigenvalue weighted by molar-refractivity contribution is 0.0390. The Labute approximate surface area is 205 Å². The van der Waals surface area contributed by atoms with Gasteiger partial charge in [-0.25, -0.2) is 18.1 Å². The van der Waals surface area contributed by atoms with Crippen molar-refractivity contribution in [2.24, 2.45) is 4.99 Å². The molecule has 2 aromatic rings. The van der Waals surface area contributed by atoms with Gasteiger partial charge in [0.05, 0.1) is 29.6 Å². The topological polar surface area (TPSA) is 139 Å². The average Bonchev–Trinajstić information content (AvgIpc) is 2.78. The lowest BCUT2D eigenvalue weighted by Gasteiger charge is -2.26. The molecule has 0 unspecified atom stereocenters. The van der Waals surface area contributed by atoms with Crippen LogP contribution in [0.4, 0.5) is 11.4 Å². The van der Waals surface area contributed by atoms with E-state index >= 15 is 0 Å². The predicted octanol–water partition coefficient (Wildman–Crippen LogP) is 2.59. The minimum Gasteiger partial charge on any atom is -0.504 e. The van der Waals surface area contributed by atoms with E-state index in [1.807, 2.05) is 6.07 Å². The number of sulfonamides is 1. The van der Waals surface area contributed by atoms with Crippen molar-refractivity contribution in [2.45, 2.75) is 4.90 Å². The maximum Gasteiger partial charge on any atom is 0.245 e. The molecule has 33 heavy (non-hydrogen) atoms. The Morgan fingerprint density at radius 3 is 2.70 bits per heavy atom. The number of phenols is 1. The van der Waals surface area contributed by atoms with Crippen LogP contribution >= 0.6 is 27.5 Å². The summed E-state index contributed by atoms with van der Waals surface area (Å²) >= 11 is 9.49. The number of nitriles is 1. The van der Waals surface area contributed by atoms with Gasteiger partial charge in [-0.05, 0) is 40.2 Å². The summed E-state index contributed by atoms with van der Waals surface area (Å²) in [5.74, 6) is -0.619. The first-order valence-corrected chi connectivity index (χ1v) is 12.5. The second-order valence-electron chi connectivity index (χ2n) is 6.90.